The lowest BCUT2D eigenvalue weighted by Crippen LogP contribution is -2.44. The fraction of sp³-hybridized carbons (Fsp3) is 0.0625. The molecule has 1 N–H and O–H groups in total. The van der Waals surface area contributed by atoms with Crippen LogP contribution < -0.4 is 5.32 Å². The first-order valence-electron chi connectivity index (χ1n) is 13.0. The molecule has 0 saturated heterocycles. The summed E-state index contributed by atoms with van der Waals surface area (Å²) in [6.07, 6.45) is 0. The van der Waals surface area contributed by atoms with Gasteiger partial charge in [-0.2, -0.15) is 0 Å². The molecule has 42 heavy (non-hydrogen) atoms. The number of nitrogens with one attached hydrogen (secondary N) is 1. The molecule has 0 aromatic heterocycles. The van der Waals surface area contributed by atoms with Crippen molar-refractivity contribution >= 4 is 39.2 Å². The lowest BCUT2D eigenvalue weighted by molar-refractivity contribution is -0.120. The second-order valence-electron chi connectivity index (χ2n) is 9.70. The van der Waals surface area contributed by atoms with Crippen LogP contribution in [0.1, 0.15) is 42.2 Å². The Bertz CT molecular complexity index is 1870. The van der Waals surface area contributed by atoms with E-state index in [-0.39, 0.29) is 45.1 Å². The highest BCUT2D eigenvalue weighted by Gasteiger charge is 2.41. The molecular formula is C32H23N3O6S. The summed E-state index contributed by atoms with van der Waals surface area (Å²) >= 11 is 0. The summed E-state index contributed by atoms with van der Waals surface area (Å²) in [5.41, 5.74) is 1.06. The number of amides is 3. The normalized spacial score (nSPS) is 15.3. The maximum atomic E-state index is 14.1. The Morgan fingerprint density at radius 2 is 1.19 bits per heavy atom. The van der Waals surface area contributed by atoms with Gasteiger partial charge in [0.05, 0.1) is 28.3 Å². The molecule has 2 aliphatic rings. The molecule has 9 nitrogen and oxygen atoms in total. The molecule has 10 heteroatoms. The maximum Gasteiger partial charge on any atom is 0.265 e. The van der Waals surface area contributed by atoms with E-state index in [2.05, 4.69) is 5.32 Å². The van der Waals surface area contributed by atoms with Gasteiger partial charge in [0.2, 0.25) is 11.7 Å². The van der Waals surface area contributed by atoms with Crippen molar-refractivity contribution in [2.24, 2.45) is 0 Å². The Morgan fingerprint density at radius 1 is 0.667 bits per heavy atom. The first kappa shape index (κ1) is 26.9. The summed E-state index contributed by atoms with van der Waals surface area (Å²) in [5.74, 6) is -2.62. The highest BCUT2D eigenvalue weighted by Crippen LogP contribution is 2.38. The van der Waals surface area contributed by atoms with Crippen LogP contribution in [0.5, 0.6) is 0 Å². The van der Waals surface area contributed by atoms with Crippen LogP contribution in [0.2, 0.25) is 0 Å². The Labute approximate surface area is 241 Å². The second kappa shape index (κ2) is 10.6. The Kier molecular flexibility index (Phi) is 6.75. The zero-order chi connectivity index (χ0) is 29.4. The van der Waals surface area contributed by atoms with Crippen molar-refractivity contribution in [3.05, 3.63) is 143 Å². The molecule has 0 aliphatic carbocycles. The molecule has 2 aliphatic heterocycles. The van der Waals surface area contributed by atoms with Crippen molar-refractivity contribution < 1.29 is 27.6 Å². The predicted octanol–water partition coefficient (Wildman–Crippen LogP) is 3.86. The minimum Gasteiger partial charge on any atom is -0.322 e. The first-order valence-corrected chi connectivity index (χ1v) is 14.5. The van der Waals surface area contributed by atoms with Crippen LogP contribution in [0.4, 0.5) is 0 Å². The molecule has 3 amide bonds. The minimum atomic E-state index is -4.24. The lowest BCUT2D eigenvalue weighted by Gasteiger charge is -2.34. The largest absolute Gasteiger partial charge is 0.322 e. The third kappa shape index (κ3) is 4.57. The summed E-state index contributed by atoms with van der Waals surface area (Å²) in [5, 5.41) is 2.69. The number of Topliss-reactive ketones (excluding diaryl/α,β-unsaturated/α-hetero) is 1. The van der Waals surface area contributed by atoms with Crippen LogP contribution in [0.25, 0.3) is 5.70 Å². The van der Waals surface area contributed by atoms with E-state index in [1.807, 2.05) is 0 Å². The Morgan fingerprint density at radius 3 is 1.81 bits per heavy atom. The van der Waals surface area contributed by atoms with Crippen LogP contribution in [-0.2, 0) is 21.4 Å². The summed E-state index contributed by atoms with van der Waals surface area (Å²) < 4.78 is 29.0. The second-order valence-corrected chi connectivity index (χ2v) is 11.5. The van der Waals surface area contributed by atoms with Crippen LogP contribution in [0, 0.1) is 0 Å². The zero-order valence-electron chi connectivity index (χ0n) is 22.1. The molecule has 2 heterocycles. The van der Waals surface area contributed by atoms with Crippen LogP contribution in [-0.4, -0.2) is 47.7 Å². The van der Waals surface area contributed by atoms with Gasteiger partial charge in [0.15, 0.2) is 0 Å². The van der Waals surface area contributed by atoms with Crippen molar-refractivity contribution in [3.63, 3.8) is 0 Å². The van der Waals surface area contributed by atoms with Gasteiger partial charge in [0, 0.05) is 11.1 Å². The average molecular weight is 578 g/mol. The van der Waals surface area contributed by atoms with E-state index in [0.29, 0.717) is 5.56 Å². The third-order valence-electron chi connectivity index (χ3n) is 7.08. The van der Waals surface area contributed by atoms with Gasteiger partial charge in [-0.3, -0.25) is 28.4 Å². The van der Waals surface area contributed by atoms with E-state index in [9.17, 15) is 27.6 Å². The molecular weight excluding hydrogens is 554 g/mol. The average Bonchev–Trinajstić information content (AvgIpc) is 3.25. The van der Waals surface area contributed by atoms with Gasteiger partial charge in [0.1, 0.15) is 12.2 Å². The van der Waals surface area contributed by atoms with E-state index < -0.39 is 40.1 Å². The van der Waals surface area contributed by atoms with Crippen molar-refractivity contribution in [2.45, 2.75) is 11.4 Å². The van der Waals surface area contributed by atoms with Crippen molar-refractivity contribution in [1.29, 1.82) is 0 Å². The molecule has 0 bridgehead atoms. The number of fused-ring (bicyclic) bond motifs is 2. The third-order valence-corrected chi connectivity index (χ3v) is 8.88. The quantitative estimate of drug-likeness (QED) is 0.263. The number of allylic oxidation sites excluding steroid dienone is 1. The van der Waals surface area contributed by atoms with Crippen LogP contribution in [0.15, 0.2) is 120 Å². The summed E-state index contributed by atoms with van der Waals surface area (Å²) in [7, 11) is -4.24. The number of rotatable bonds is 7. The van der Waals surface area contributed by atoms with Crippen molar-refractivity contribution in [3.8, 4) is 0 Å². The number of carbonyl (C=O) groups excluding carboxylic acids is 4. The SMILES string of the molecule is O=C(CN1C(=O)c2ccccc2C1=O)NC1=C(C(=O)c2ccccc2)N(Cc2ccccc2)S(=O)(=O)c2ccccc21. The Balaban J connectivity index is 1.46. The number of nitrogens with zero attached hydrogens (tertiary/aromatic N) is 2. The molecule has 0 radical (unpaired) electrons. The number of hydrogen-bond acceptors (Lipinski definition) is 6. The van der Waals surface area contributed by atoms with E-state index >= 15 is 0 Å². The monoisotopic (exact) mass is 577 g/mol. The van der Waals surface area contributed by atoms with E-state index in [1.54, 1.807) is 84.9 Å². The summed E-state index contributed by atoms with van der Waals surface area (Å²) in [4.78, 5) is 54.1. The Hall–Kier alpha value is -5.35. The topological polar surface area (TPSA) is 121 Å². The van der Waals surface area contributed by atoms with Gasteiger partial charge in [0.25, 0.3) is 21.8 Å². The zero-order valence-corrected chi connectivity index (χ0v) is 22.9. The number of imide groups is 1. The van der Waals surface area contributed by atoms with Crippen LogP contribution >= 0.6 is 0 Å². The number of hydrogen-bond donors (Lipinski definition) is 1. The van der Waals surface area contributed by atoms with Gasteiger partial charge < -0.3 is 5.32 Å². The van der Waals surface area contributed by atoms with Gasteiger partial charge in [-0.15, -0.1) is 0 Å². The molecule has 4 aromatic carbocycles. The molecule has 0 spiro atoms. The van der Waals surface area contributed by atoms with Crippen LogP contribution in [0.3, 0.4) is 0 Å². The molecule has 0 fully saturated rings. The highest BCUT2D eigenvalue weighted by molar-refractivity contribution is 7.89. The van der Waals surface area contributed by atoms with Gasteiger partial charge in [-0.05, 0) is 23.8 Å². The van der Waals surface area contributed by atoms with Crippen molar-refractivity contribution in [1.82, 2.24) is 14.5 Å². The molecule has 208 valence electrons. The summed E-state index contributed by atoms with van der Waals surface area (Å²) in [6.45, 7) is -0.806. The van der Waals surface area contributed by atoms with Crippen molar-refractivity contribution in [2.75, 3.05) is 6.54 Å². The maximum absolute atomic E-state index is 14.1. The van der Waals surface area contributed by atoms with Gasteiger partial charge in [-0.25, -0.2) is 8.42 Å². The fourth-order valence-electron chi connectivity index (χ4n) is 5.09. The number of benzene rings is 4. The van der Waals surface area contributed by atoms with E-state index in [1.165, 1.54) is 24.3 Å². The number of ketones is 1. The fourth-order valence-corrected chi connectivity index (χ4v) is 6.76. The molecule has 0 saturated carbocycles. The lowest BCUT2D eigenvalue weighted by atomic mass is 10.0. The molecule has 4 aromatic rings. The number of carbonyl (C=O) groups is 4. The number of sulfonamides is 1. The van der Waals surface area contributed by atoms with E-state index in [0.717, 1.165) is 9.21 Å². The molecule has 0 atom stereocenters. The molecule has 0 unspecified atom stereocenters. The molecule has 6 rings (SSSR count). The van der Waals surface area contributed by atoms with Gasteiger partial charge in [-0.1, -0.05) is 91.0 Å². The standard InChI is InChI=1S/C32H23N3O6S/c36-27(20-34-31(38)23-15-7-8-16-24(23)32(34)39)33-28-25-17-9-10-18-26(25)42(40,41)35(19-21-11-3-1-4-12-21)29(28)30(37)22-13-5-2-6-14-22/h1-18H,19-20H2,(H,33,36). The van der Waals surface area contributed by atoms with E-state index in [4.69, 9.17) is 0 Å². The minimum absolute atomic E-state index is 0.0354. The first-order chi connectivity index (χ1) is 20.3. The predicted molar refractivity (Wildman–Crippen MR) is 153 cm³/mol. The highest BCUT2D eigenvalue weighted by atomic mass is 32.2. The van der Waals surface area contributed by atoms with Gasteiger partial charge >= 0.3 is 0 Å². The summed E-state index contributed by atoms with van der Waals surface area (Å²) in [6, 6.07) is 29.3. The smallest absolute Gasteiger partial charge is 0.265 e.